The zero-order valence-corrected chi connectivity index (χ0v) is 12.9. The molecule has 8 heteroatoms. The van der Waals surface area contributed by atoms with E-state index in [9.17, 15) is 23.2 Å². The molecule has 128 valence electrons. The Labute approximate surface area is 137 Å². The van der Waals surface area contributed by atoms with Gasteiger partial charge in [-0.25, -0.2) is 13.6 Å². The van der Waals surface area contributed by atoms with Gasteiger partial charge >= 0.3 is 6.03 Å². The van der Waals surface area contributed by atoms with Crippen LogP contribution in [0.15, 0.2) is 18.2 Å². The van der Waals surface area contributed by atoms with Crippen LogP contribution in [0.25, 0.3) is 0 Å². The molecule has 0 atom stereocenters. The van der Waals surface area contributed by atoms with Crippen LogP contribution in [0.3, 0.4) is 0 Å². The third-order valence-corrected chi connectivity index (χ3v) is 4.49. The molecule has 1 aliphatic carbocycles. The lowest BCUT2D eigenvalue weighted by atomic mass is 9.98. The molecule has 0 radical (unpaired) electrons. The van der Waals surface area contributed by atoms with Gasteiger partial charge in [-0.2, -0.15) is 0 Å². The second kappa shape index (κ2) is 6.18. The lowest BCUT2D eigenvalue weighted by molar-refractivity contribution is -0.131. The summed E-state index contributed by atoms with van der Waals surface area (Å²) in [5.41, 5.74) is -1.36. The summed E-state index contributed by atoms with van der Waals surface area (Å²) in [5, 5.41) is 4.84. The summed E-state index contributed by atoms with van der Waals surface area (Å²) >= 11 is 0. The number of carbonyl (C=O) groups excluding carboxylic acids is 3. The Bertz CT molecular complexity index is 682. The van der Waals surface area contributed by atoms with E-state index in [1.807, 2.05) is 0 Å². The van der Waals surface area contributed by atoms with Crippen LogP contribution in [0, 0.1) is 11.6 Å². The molecule has 0 bridgehead atoms. The average molecular weight is 337 g/mol. The fourth-order valence-electron chi connectivity index (χ4n) is 3.23. The molecule has 1 saturated heterocycles. The third kappa shape index (κ3) is 2.83. The van der Waals surface area contributed by atoms with Crippen molar-refractivity contribution in [2.75, 3.05) is 11.9 Å². The van der Waals surface area contributed by atoms with Crippen molar-refractivity contribution in [3.05, 3.63) is 29.8 Å². The van der Waals surface area contributed by atoms with Crippen molar-refractivity contribution in [1.29, 1.82) is 0 Å². The number of hydrogen-bond acceptors (Lipinski definition) is 3. The van der Waals surface area contributed by atoms with Gasteiger partial charge in [0.05, 0.1) is 0 Å². The van der Waals surface area contributed by atoms with E-state index in [0.717, 1.165) is 29.9 Å². The van der Waals surface area contributed by atoms with Gasteiger partial charge < -0.3 is 10.6 Å². The molecular formula is C16H17F2N3O3. The van der Waals surface area contributed by atoms with Crippen molar-refractivity contribution in [3.8, 4) is 0 Å². The molecular weight excluding hydrogens is 320 g/mol. The van der Waals surface area contributed by atoms with E-state index in [-0.39, 0.29) is 18.9 Å². The molecule has 0 unspecified atom stereocenters. The highest BCUT2D eigenvalue weighted by Crippen LogP contribution is 2.35. The standard InChI is InChI=1S/C16H17F2N3O3/c17-10-4-3-5-11(18)13(10)19-12(22)6-9-21-14(23)16(20-15(21)24)7-1-2-8-16/h3-5H,1-2,6-9H2,(H,19,22)(H,20,24). The van der Waals surface area contributed by atoms with E-state index in [1.54, 1.807) is 0 Å². The van der Waals surface area contributed by atoms with Crippen molar-refractivity contribution < 1.29 is 23.2 Å². The highest BCUT2D eigenvalue weighted by atomic mass is 19.1. The maximum absolute atomic E-state index is 13.5. The summed E-state index contributed by atoms with van der Waals surface area (Å²) in [4.78, 5) is 37.3. The number of anilines is 1. The van der Waals surface area contributed by atoms with Gasteiger partial charge in [-0.1, -0.05) is 18.9 Å². The lowest BCUT2D eigenvalue weighted by Gasteiger charge is -2.19. The molecule has 2 fully saturated rings. The Morgan fingerprint density at radius 3 is 2.46 bits per heavy atom. The minimum Gasteiger partial charge on any atom is -0.323 e. The van der Waals surface area contributed by atoms with Gasteiger partial charge in [0.1, 0.15) is 22.9 Å². The van der Waals surface area contributed by atoms with Gasteiger partial charge in [-0.3, -0.25) is 14.5 Å². The maximum Gasteiger partial charge on any atom is 0.325 e. The molecule has 4 amide bonds. The SMILES string of the molecule is O=C(CCN1C(=O)NC2(CCCC2)C1=O)Nc1c(F)cccc1F. The van der Waals surface area contributed by atoms with Crippen LogP contribution < -0.4 is 10.6 Å². The zero-order chi connectivity index (χ0) is 17.3. The smallest absolute Gasteiger partial charge is 0.323 e. The molecule has 1 spiro atoms. The normalized spacial score (nSPS) is 19.0. The van der Waals surface area contributed by atoms with Crippen LogP contribution in [-0.4, -0.2) is 34.8 Å². The topological polar surface area (TPSA) is 78.5 Å². The maximum atomic E-state index is 13.5. The number of halogens is 2. The molecule has 24 heavy (non-hydrogen) atoms. The molecule has 1 aromatic rings. The summed E-state index contributed by atoms with van der Waals surface area (Å²) in [6, 6.07) is 2.72. The van der Waals surface area contributed by atoms with Gasteiger partial charge in [0.15, 0.2) is 0 Å². The number of nitrogens with one attached hydrogen (secondary N) is 2. The molecule has 1 aromatic carbocycles. The predicted octanol–water partition coefficient (Wildman–Crippen LogP) is 2.16. The predicted molar refractivity (Wildman–Crippen MR) is 81.0 cm³/mol. The van der Waals surface area contributed by atoms with E-state index >= 15 is 0 Å². The molecule has 6 nitrogen and oxygen atoms in total. The number of urea groups is 1. The molecule has 3 rings (SSSR count). The minimum atomic E-state index is -0.886. The lowest BCUT2D eigenvalue weighted by Crippen LogP contribution is -2.44. The molecule has 0 aromatic heterocycles. The molecule has 2 aliphatic rings. The molecule has 1 saturated carbocycles. The Hall–Kier alpha value is -2.51. The van der Waals surface area contributed by atoms with E-state index in [1.165, 1.54) is 6.07 Å². The minimum absolute atomic E-state index is 0.131. The van der Waals surface area contributed by atoms with Gasteiger partial charge in [0.25, 0.3) is 5.91 Å². The van der Waals surface area contributed by atoms with Gasteiger partial charge in [-0.15, -0.1) is 0 Å². The monoisotopic (exact) mass is 337 g/mol. The van der Waals surface area contributed by atoms with E-state index < -0.39 is 34.8 Å². The Morgan fingerprint density at radius 1 is 1.21 bits per heavy atom. The number of benzene rings is 1. The van der Waals surface area contributed by atoms with Crippen molar-refractivity contribution in [2.24, 2.45) is 0 Å². The highest BCUT2D eigenvalue weighted by Gasteiger charge is 2.52. The summed E-state index contributed by atoms with van der Waals surface area (Å²) < 4.78 is 27.0. The fraction of sp³-hybridized carbons (Fsp3) is 0.438. The van der Waals surface area contributed by atoms with E-state index in [2.05, 4.69) is 10.6 Å². The van der Waals surface area contributed by atoms with Crippen LogP contribution in [0.1, 0.15) is 32.1 Å². The highest BCUT2D eigenvalue weighted by molar-refractivity contribution is 6.07. The first-order chi connectivity index (χ1) is 11.4. The van der Waals surface area contributed by atoms with Crippen molar-refractivity contribution in [3.63, 3.8) is 0 Å². The first-order valence-corrected chi connectivity index (χ1v) is 7.81. The number of hydrogen-bond donors (Lipinski definition) is 2. The second-order valence-corrected chi connectivity index (χ2v) is 6.07. The second-order valence-electron chi connectivity index (χ2n) is 6.07. The number of para-hydroxylation sites is 1. The quantitative estimate of drug-likeness (QED) is 0.827. The number of carbonyl (C=O) groups is 3. The van der Waals surface area contributed by atoms with Crippen LogP contribution in [0.5, 0.6) is 0 Å². The number of nitrogens with zero attached hydrogens (tertiary/aromatic N) is 1. The van der Waals surface area contributed by atoms with E-state index in [0.29, 0.717) is 12.8 Å². The molecule has 2 N–H and O–H groups in total. The molecule has 1 aliphatic heterocycles. The Morgan fingerprint density at radius 2 is 1.83 bits per heavy atom. The fourth-order valence-corrected chi connectivity index (χ4v) is 3.23. The van der Waals surface area contributed by atoms with Crippen LogP contribution >= 0.6 is 0 Å². The Kier molecular flexibility index (Phi) is 4.21. The summed E-state index contributed by atoms with van der Waals surface area (Å²) in [7, 11) is 0. The largest absolute Gasteiger partial charge is 0.325 e. The van der Waals surface area contributed by atoms with Crippen LogP contribution in [0.4, 0.5) is 19.3 Å². The van der Waals surface area contributed by atoms with Crippen LogP contribution in [0.2, 0.25) is 0 Å². The average Bonchev–Trinajstić information content (AvgIpc) is 3.08. The first kappa shape index (κ1) is 16.4. The number of amides is 4. The first-order valence-electron chi connectivity index (χ1n) is 7.81. The van der Waals surface area contributed by atoms with Crippen molar-refractivity contribution in [1.82, 2.24) is 10.2 Å². The van der Waals surface area contributed by atoms with E-state index in [4.69, 9.17) is 0 Å². The zero-order valence-electron chi connectivity index (χ0n) is 12.9. The van der Waals surface area contributed by atoms with Gasteiger partial charge in [0.2, 0.25) is 5.91 Å². The Balaban J connectivity index is 1.60. The third-order valence-electron chi connectivity index (χ3n) is 4.49. The summed E-state index contributed by atoms with van der Waals surface area (Å²) in [6.45, 7) is -0.131. The number of rotatable bonds is 4. The van der Waals surface area contributed by atoms with Gasteiger partial charge in [0, 0.05) is 13.0 Å². The molecule has 1 heterocycles. The summed E-state index contributed by atoms with van der Waals surface area (Å²) in [5.74, 6) is -2.77. The van der Waals surface area contributed by atoms with Crippen LogP contribution in [-0.2, 0) is 9.59 Å². The summed E-state index contributed by atoms with van der Waals surface area (Å²) in [6.07, 6.45) is 2.70. The van der Waals surface area contributed by atoms with Crippen molar-refractivity contribution in [2.45, 2.75) is 37.6 Å². The van der Waals surface area contributed by atoms with Gasteiger partial charge in [-0.05, 0) is 25.0 Å². The van der Waals surface area contributed by atoms with Crippen molar-refractivity contribution >= 4 is 23.5 Å². The number of imide groups is 1.